The van der Waals surface area contributed by atoms with E-state index in [1.165, 1.54) is 6.07 Å². The number of benzene rings is 2. The van der Waals surface area contributed by atoms with Crippen molar-refractivity contribution in [3.05, 3.63) is 77.1 Å². The van der Waals surface area contributed by atoms with Gasteiger partial charge < -0.3 is 15.8 Å². The maximum Gasteiger partial charge on any atom is 0.338 e. The van der Waals surface area contributed by atoms with Crippen LogP contribution in [0.25, 0.3) is 5.70 Å². The number of carbonyl (C=O) groups excluding carboxylic acids is 1. The number of esters is 1. The van der Waals surface area contributed by atoms with Crippen LogP contribution in [0.15, 0.2) is 65.2 Å². The molecule has 1 unspecified atom stereocenters. The van der Waals surface area contributed by atoms with Gasteiger partial charge in [-0.15, -0.1) is 0 Å². The van der Waals surface area contributed by atoms with Crippen LogP contribution in [0, 0.1) is 5.82 Å². The number of guanidine groups is 1. The van der Waals surface area contributed by atoms with E-state index in [0.29, 0.717) is 5.70 Å². The Labute approximate surface area is 145 Å². The quantitative estimate of drug-likeness (QED) is 0.840. The number of carbonyl (C=O) groups is 1. The van der Waals surface area contributed by atoms with Crippen LogP contribution in [0.4, 0.5) is 4.39 Å². The molecule has 0 bridgehead atoms. The molecule has 0 aromatic heterocycles. The SMILES string of the molecule is CCOC(=O)C1=C(c2ccccc2)NC(N)=NC1c1ccccc1F. The summed E-state index contributed by atoms with van der Waals surface area (Å²) >= 11 is 0. The molecule has 128 valence electrons. The average Bonchev–Trinajstić information content (AvgIpc) is 2.62. The highest BCUT2D eigenvalue weighted by Crippen LogP contribution is 2.35. The molecule has 0 amide bonds. The van der Waals surface area contributed by atoms with Crippen LogP contribution in [0.3, 0.4) is 0 Å². The molecule has 5 nitrogen and oxygen atoms in total. The van der Waals surface area contributed by atoms with Crippen molar-refractivity contribution in [2.75, 3.05) is 6.61 Å². The minimum Gasteiger partial charge on any atom is -0.463 e. The second-order valence-corrected chi connectivity index (χ2v) is 5.44. The number of hydrogen-bond donors (Lipinski definition) is 2. The van der Waals surface area contributed by atoms with E-state index in [0.717, 1.165) is 5.56 Å². The molecule has 3 N–H and O–H groups in total. The highest BCUT2D eigenvalue weighted by atomic mass is 19.1. The molecule has 1 aliphatic rings. The number of halogens is 1. The van der Waals surface area contributed by atoms with Gasteiger partial charge in [0.05, 0.1) is 17.9 Å². The minimum absolute atomic E-state index is 0.111. The molecule has 2 aromatic carbocycles. The fraction of sp³-hybridized carbons (Fsp3) is 0.158. The number of nitrogens with zero attached hydrogens (tertiary/aromatic N) is 1. The smallest absolute Gasteiger partial charge is 0.338 e. The van der Waals surface area contributed by atoms with Crippen LogP contribution in [0.1, 0.15) is 24.1 Å². The van der Waals surface area contributed by atoms with Gasteiger partial charge in [-0.3, -0.25) is 0 Å². The number of nitrogens with two attached hydrogens (primary N) is 1. The predicted molar refractivity (Wildman–Crippen MR) is 93.9 cm³/mol. The van der Waals surface area contributed by atoms with Gasteiger partial charge in [-0.25, -0.2) is 14.2 Å². The molecular weight excluding hydrogens is 321 g/mol. The Balaban J connectivity index is 2.20. The van der Waals surface area contributed by atoms with E-state index in [-0.39, 0.29) is 23.7 Å². The summed E-state index contributed by atoms with van der Waals surface area (Å²) in [5.74, 6) is -0.904. The summed E-state index contributed by atoms with van der Waals surface area (Å²) in [5, 5.41) is 2.93. The summed E-state index contributed by atoms with van der Waals surface area (Å²) < 4.78 is 19.5. The van der Waals surface area contributed by atoms with E-state index in [2.05, 4.69) is 10.3 Å². The molecule has 25 heavy (non-hydrogen) atoms. The van der Waals surface area contributed by atoms with Gasteiger partial charge in [0.15, 0.2) is 5.96 Å². The van der Waals surface area contributed by atoms with Crippen LogP contribution in [-0.4, -0.2) is 18.5 Å². The fourth-order valence-electron chi connectivity index (χ4n) is 2.74. The van der Waals surface area contributed by atoms with Gasteiger partial charge in [-0.2, -0.15) is 0 Å². The zero-order valence-electron chi connectivity index (χ0n) is 13.7. The summed E-state index contributed by atoms with van der Waals surface area (Å²) in [6, 6.07) is 14.5. The fourth-order valence-corrected chi connectivity index (χ4v) is 2.74. The highest BCUT2D eigenvalue weighted by Gasteiger charge is 2.33. The Bertz CT molecular complexity index is 847. The lowest BCUT2D eigenvalue weighted by Crippen LogP contribution is -2.37. The van der Waals surface area contributed by atoms with Gasteiger partial charge in [0.2, 0.25) is 0 Å². The third-order valence-electron chi connectivity index (χ3n) is 3.82. The molecule has 0 fully saturated rings. The summed E-state index contributed by atoms with van der Waals surface area (Å²) in [4.78, 5) is 16.9. The van der Waals surface area contributed by atoms with Crippen molar-refractivity contribution < 1.29 is 13.9 Å². The second kappa shape index (κ2) is 7.17. The van der Waals surface area contributed by atoms with Crippen molar-refractivity contribution in [1.29, 1.82) is 0 Å². The Morgan fingerprint density at radius 1 is 1.20 bits per heavy atom. The third kappa shape index (κ3) is 3.38. The first-order chi connectivity index (χ1) is 12.1. The van der Waals surface area contributed by atoms with E-state index in [9.17, 15) is 9.18 Å². The Kier molecular flexibility index (Phi) is 4.79. The highest BCUT2D eigenvalue weighted by molar-refractivity contribution is 6.04. The summed E-state index contributed by atoms with van der Waals surface area (Å²) in [6.45, 7) is 1.92. The van der Waals surface area contributed by atoms with Crippen molar-refractivity contribution in [2.24, 2.45) is 10.7 Å². The van der Waals surface area contributed by atoms with Crippen LogP contribution < -0.4 is 11.1 Å². The van der Waals surface area contributed by atoms with Gasteiger partial charge in [-0.05, 0) is 18.6 Å². The normalized spacial score (nSPS) is 16.9. The molecule has 0 spiro atoms. The van der Waals surface area contributed by atoms with E-state index < -0.39 is 17.8 Å². The van der Waals surface area contributed by atoms with E-state index >= 15 is 0 Å². The molecule has 0 saturated carbocycles. The number of rotatable bonds is 4. The van der Waals surface area contributed by atoms with Crippen LogP contribution in [0.5, 0.6) is 0 Å². The van der Waals surface area contributed by atoms with Crippen molar-refractivity contribution in [1.82, 2.24) is 5.32 Å². The zero-order chi connectivity index (χ0) is 17.8. The van der Waals surface area contributed by atoms with E-state index in [4.69, 9.17) is 10.5 Å². The number of nitrogens with one attached hydrogen (secondary N) is 1. The monoisotopic (exact) mass is 339 g/mol. The second-order valence-electron chi connectivity index (χ2n) is 5.44. The van der Waals surface area contributed by atoms with Gasteiger partial charge in [0.1, 0.15) is 11.9 Å². The number of hydrogen-bond acceptors (Lipinski definition) is 5. The predicted octanol–water partition coefficient (Wildman–Crippen LogP) is 2.76. The van der Waals surface area contributed by atoms with Gasteiger partial charge >= 0.3 is 5.97 Å². The Hall–Kier alpha value is -3.15. The lowest BCUT2D eigenvalue weighted by molar-refractivity contribution is -0.138. The lowest BCUT2D eigenvalue weighted by atomic mass is 9.93. The maximum absolute atomic E-state index is 14.3. The molecule has 0 radical (unpaired) electrons. The molecule has 2 aromatic rings. The van der Waals surface area contributed by atoms with Crippen LogP contribution in [0.2, 0.25) is 0 Å². The van der Waals surface area contributed by atoms with Gasteiger partial charge in [-0.1, -0.05) is 48.5 Å². The van der Waals surface area contributed by atoms with Gasteiger partial charge in [0.25, 0.3) is 0 Å². The summed E-state index contributed by atoms with van der Waals surface area (Å²) in [5.41, 5.74) is 7.62. The maximum atomic E-state index is 14.3. The van der Waals surface area contributed by atoms with E-state index in [1.807, 2.05) is 30.3 Å². The molecule has 1 heterocycles. The first kappa shape index (κ1) is 16.7. The average molecular weight is 339 g/mol. The molecule has 3 rings (SSSR count). The van der Waals surface area contributed by atoms with Crippen molar-refractivity contribution >= 4 is 17.6 Å². The lowest BCUT2D eigenvalue weighted by Gasteiger charge is -2.26. The molecule has 1 atom stereocenters. The van der Waals surface area contributed by atoms with Crippen LogP contribution in [-0.2, 0) is 9.53 Å². The summed E-state index contributed by atoms with van der Waals surface area (Å²) in [6.07, 6.45) is 0. The molecule has 1 aliphatic heterocycles. The van der Waals surface area contributed by atoms with E-state index in [1.54, 1.807) is 25.1 Å². The molecule has 0 saturated heterocycles. The number of ether oxygens (including phenoxy) is 1. The minimum atomic E-state index is -0.878. The zero-order valence-corrected chi connectivity index (χ0v) is 13.7. The van der Waals surface area contributed by atoms with Gasteiger partial charge in [0, 0.05) is 5.56 Å². The molecule has 0 aliphatic carbocycles. The standard InChI is InChI=1S/C19H18FN3O2/c1-2-25-18(24)15-16(12-8-4-3-5-9-12)22-19(21)23-17(15)13-10-6-7-11-14(13)20/h3-11,17H,2H2,1H3,(H3,21,22,23). The van der Waals surface area contributed by atoms with Crippen molar-refractivity contribution in [2.45, 2.75) is 13.0 Å². The van der Waals surface area contributed by atoms with Crippen LogP contribution >= 0.6 is 0 Å². The molecular formula is C19H18FN3O2. The largest absolute Gasteiger partial charge is 0.463 e. The first-order valence-corrected chi connectivity index (χ1v) is 7.93. The number of aliphatic imine (C=N–C) groups is 1. The Morgan fingerprint density at radius 3 is 2.56 bits per heavy atom. The third-order valence-corrected chi connectivity index (χ3v) is 3.82. The molecule has 6 heteroatoms. The summed E-state index contributed by atoms with van der Waals surface area (Å²) in [7, 11) is 0. The Morgan fingerprint density at radius 2 is 1.88 bits per heavy atom. The van der Waals surface area contributed by atoms with Crippen molar-refractivity contribution in [3.63, 3.8) is 0 Å². The first-order valence-electron chi connectivity index (χ1n) is 7.93. The van der Waals surface area contributed by atoms with Crippen molar-refractivity contribution in [3.8, 4) is 0 Å². The topological polar surface area (TPSA) is 76.7 Å².